The molecular weight excluding hydrogens is 384 g/mol. The van der Waals surface area contributed by atoms with Crippen LogP contribution in [-0.2, 0) is 0 Å². The van der Waals surface area contributed by atoms with Crippen molar-refractivity contribution in [3.8, 4) is 5.75 Å². The summed E-state index contributed by atoms with van der Waals surface area (Å²) in [6, 6.07) is 16.3. The molecule has 0 atom stereocenters. The zero-order chi connectivity index (χ0) is 17.6. The molecule has 0 aliphatic rings. The normalized spacial score (nSPS) is 10.2. The molecule has 0 aliphatic heterocycles. The number of nitrogens with one attached hydrogen (secondary N) is 2. The van der Waals surface area contributed by atoms with E-state index in [1.54, 1.807) is 37.4 Å². The molecule has 3 aromatic rings. The Morgan fingerprint density at radius 1 is 1.04 bits per heavy atom. The number of aromatic nitrogens is 2. The average Bonchev–Trinajstić information content (AvgIpc) is 2.62. The van der Waals surface area contributed by atoms with Gasteiger partial charge in [0.05, 0.1) is 7.11 Å². The van der Waals surface area contributed by atoms with Gasteiger partial charge in [-0.1, -0.05) is 22.0 Å². The molecule has 0 aliphatic carbocycles. The molecule has 0 radical (unpaired) electrons. The van der Waals surface area contributed by atoms with Crippen molar-refractivity contribution in [1.29, 1.82) is 0 Å². The maximum atomic E-state index is 12.4. The smallest absolute Gasteiger partial charge is 0.274 e. The van der Waals surface area contributed by atoms with E-state index >= 15 is 0 Å². The second-order valence-corrected chi connectivity index (χ2v) is 6.02. The summed E-state index contributed by atoms with van der Waals surface area (Å²) in [6.07, 6.45) is 1.35. The molecule has 3 rings (SSSR count). The van der Waals surface area contributed by atoms with E-state index in [1.165, 1.54) is 6.33 Å². The number of hydrogen-bond acceptors (Lipinski definition) is 5. The van der Waals surface area contributed by atoms with E-state index in [0.29, 0.717) is 11.5 Å². The van der Waals surface area contributed by atoms with E-state index < -0.39 is 0 Å². The van der Waals surface area contributed by atoms with Gasteiger partial charge in [0, 0.05) is 21.9 Å². The van der Waals surface area contributed by atoms with Crippen LogP contribution in [0.5, 0.6) is 5.75 Å². The van der Waals surface area contributed by atoms with E-state index in [4.69, 9.17) is 4.74 Å². The fourth-order valence-corrected chi connectivity index (χ4v) is 2.53. The first-order valence-corrected chi connectivity index (χ1v) is 8.23. The summed E-state index contributed by atoms with van der Waals surface area (Å²) < 4.78 is 6.04. The van der Waals surface area contributed by atoms with Gasteiger partial charge in [-0.05, 0) is 42.5 Å². The summed E-state index contributed by atoms with van der Waals surface area (Å²) in [5.74, 6) is 0.943. The first-order chi connectivity index (χ1) is 12.1. The number of benzene rings is 2. The van der Waals surface area contributed by atoms with Gasteiger partial charge in [-0.15, -0.1) is 0 Å². The predicted molar refractivity (Wildman–Crippen MR) is 100 cm³/mol. The molecule has 2 N–H and O–H groups in total. The maximum absolute atomic E-state index is 12.4. The van der Waals surface area contributed by atoms with Crippen LogP contribution in [0.4, 0.5) is 17.2 Å². The Kier molecular flexibility index (Phi) is 5.25. The summed E-state index contributed by atoms with van der Waals surface area (Å²) >= 11 is 3.41. The molecule has 0 fully saturated rings. The molecule has 0 bridgehead atoms. The van der Waals surface area contributed by atoms with Crippen LogP contribution in [0, 0.1) is 0 Å². The highest BCUT2D eigenvalue weighted by Gasteiger charge is 2.09. The first-order valence-electron chi connectivity index (χ1n) is 7.44. The molecule has 0 saturated carbocycles. The average molecular weight is 399 g/mol. The molecule has 0 unspecified atom stereocenters. The van der Waals surface area contributed by atoms with Crippen LogP contribution in [0.15, 0.2) is 65.4 Å². The Morgan fingerprint density at radius 3 is 2.56 bits per heavy atom. The largest absolute Gasteiger partial charge is 0.497 e. The van der Waals surface area contributed by atoms with Gasteiger partial charge in [0.15, 0.2) is 0 Å². The van der Waals surface area contributed by atoms with Crippen LogP contribution in [0.3, 0.4) is 0 Å². The van der Waals surface area contributed by atoms with Gasteiger partial charge in [-0.2, -0.15) is 0 Å². The van der Waals surface area contributed by atoms with Crippen molar-refractivity contribution in [3.63, 3.8) is 0 Å². The Balaban J connectivity index is 1.72. The van der Waals surface area contributed by atoms with Crippen LogP contribution < -0.4 is 15.4 Å². The van der Waals surface area contributed by atoms with Crippen LogP contribution in [0.25, 0.3) is 0 Å². The van der Waals surface area contributed by atoms with Crippen molar-refractivity contribution < 1.29 is 9.53 Å². The number of amides is 1. The highest BCUT2D eigenvalue weighted by Crippen LogP contribution is 2.20. The van der Waals surface area contributed by atoms with Gasteiger partial charge in [0.1, 0.15) is 23.6 Å². The van der Waals surface area contributed by atoms with Crippen molar-refractivity contribution in [3.05, 3.63) is 71.1 Å². The molecule has 1 aromatic heterocycles. The van der Waals surface area contributed by atoms with E-state index in [1.807, 2.05) is 24.3 Å². The Morgan fingerprint density at radius 2 is 1.84 bits per heavy atom. The number of hydrogen-bond donors (Lipinski definition) is 2. The minimum Gasteiger partial charge on any atom is -0.497 e. The fraction of sp³-hybridized carbons (Fsp3) is 0.0556. The van der Waals surface area contributed by atoms with E-state index in [0.717, 1.165) is 15.9 Å². The lowest BCUT2D eigenvalue weighted by atomic mass is 10.2. The molecule has 0 saturated heterocycles. The van der Waals surface area contributed by atoms with Crippen LogP contribution in [0.1, 0.15) is 10.5 Å². The summed E-state index contributed by atoms with van der Waals surface area (Å²) in [6.45, 7) is 0. The van der Waals surface area contributed by atoms with Gasteiger partial charge >= 0.3 is 0 Å². The zero-order valence-electron chi connectivity index (χ0n) is 13.4. The fourth-order valence-electron chi connectivity index (χ4n) is 2.13. The lowest BCUT2D eigenvalue weighted by Crippen LogP contribution is -2.14. The molecule has 1 amide bonds. The molecule has 7 heteroatoms. The van der Waals surface area contributed by atoms with Crippen molar-refractivity contribution in [2.45, 2.75) is 0 Å². The number of halogens is 1. The molecule has 6 nitrogen and oxygen atoms in total. The van der Waals surface area contributed by atoms with Gasteiger partial charge in [0.25, 0.3) is 5.91 Å². The number of nitrogens with zero attached hydrogens (tertiary/aromatic N) is 2. The van der Waals surface area contributed by atoms with Crippen LogP contribution in [0.2, 0.25) is 0 Å². The summed E-state index contributed by atoms with van der Waals surface area (Å²) in [5.41, 5.74) is 1.78. The summed E-state index contributed by atoms with van der Waals surface area (Å²) in [5, 5.41) is 5.93. The standard InChI is InChI=1S/C18H15BrN4O2/c1-25-15-7-5-13(6-8-15)23-18(24)16-10-17(21-11-20-16)22-14-4-2-3-12(19)9-14/h2-11H,1H3,(H,23,24)(H,20,21,22). The molecule has 25 heavy (non-hydrogen) atoms. The topological polar surface area (TPSA) is 76.1 Å². The third-order valence-corrected chi connectivity index (χ3v) is 3.84. The van der Waals surface area contributed by atoms with Gasteiger partial charge in [-0.3, -0.25) is 4.79 Å². The minimum absolute atomic E-state index is 0.267. The number of methoxy groups -OCH3 is 1. The van der Waals surface area contributed by atoms with Crippen molar-refractivity contribution >= 4 is 39.0 Å². The monoisotopic (exact) mass is 398 g/mol. The molecule has 126 valence electrons. The number of ether oxygens (including phenoxy) is 1. The SMILES string of the molecule is COc1ccc(NC(=O)c2cc(Nc3cccc(Br)c3)ncn2)cc1. The quantitative estimate of drug-likeness (QED) is 0.671. The highest BCUT2D eigenvalue weighted by molar-refractivity contribution is 9.10. The van der Waals surface area contributed by atoms with Gasteiger partial charge in [-0.25, -0.2) is 9.97 Å². The first kappa shape index (κ1) is 16.9. The number of carbonyl (C=O) groups excluding carboxylic acids is 1. The molecule has 2 aromatic carbocycles. The third kappa shape index (κ3) is 4.54. The highest BCUT2D eigenvalue weighted by atomic mass is 79.9. The Labute approximate surface area is 153 Å². The lowest BCUT2D eigenvalue weighted by Gasteiger charge is -2.08. The number of carbonyl (C=O) groups is 1. The van der Waals surface area contributed by atoms with Gasteiger partial charge < -0.3 is 15.4 Å². The number of rotatable bonds is 5. The second kappa shape index (κ2) is 7.76. The molecule has 1 heterocycles. The second-order valence-electron chi connectivity index (χ2n) is 5.11. The van der Waals surface area contributed by atoms with Crippen LogP contribution in [-0.4, -0.2) is 23.0 Å². The minimum atomic E-state index is -0.315. The van der Waals surface area contributed by atoms with Crippen LogP contribution >= 0.6 is 15.9 Å². The predicted octanol–water partition coefficient (Wildman–Crippen LogP) is 4.24. The molecular formula is C18H15BrN4O2. The molecule has 0 spiro atoms. The maximum Gasteiger partial charge on any atom is 0.274 e. The Hall–Kier alpha value is -2.93. The van der Waals surface area contributed by atoms with Crippen molar-refractivity contribution in [2.24, 2.45) is 0 Å². The van der Waals surface area contributed by atoms with Gasteiger partial charge in [0.2, 0.25) is 0 Å². The number of anilines is 3. The van der Waals surface area contributed by atoms with E-state index in [9.17, 15) is 4.79 Å². The lowest BCUT2D eigenvalue weighted by molar-refractivity contribution is 0.102. The third-order valence-electron chi connectivity index (χ3n) is 3.34. The summed E-state index contributed by atoms with van der Waals surface area (Å²) in [7, 11) is 1.59. The van der Waals surface area contributed by atoms with Crippen molar-refractivity contribution in [1.82, 2.24) is 9.97 Å². The van der Waals surface area contributed by atoms with E-state index in [-0.39, 0.29) is 11.6 Å². The Bertz CT molecular complexity index is 884. The van der Waals surface area contributed by atoms with Crippen molar-refractivity contribution in [2.75, 3.05) is 17.7 Å². The van der Waals surface area contributed by atoms with E-state index in [2.05, 4.69) is 36.5 Å². The summed E-state index contributed by atoms with van der Waals surface area (Å²) in [4.78, 5) is 20.5. The zero-order valence-corrected chi connectivity index (χ0v) is 14.9.